The molecule has 0 saturated heterocycles. The Hall–Kier alpha value is -2.76. The van der Waals surface area contributed by atoms with Gasteiger partial charge in [-0.1, -0.05) is 18.2 Å². The van der Waals surface area contributed by atoms with Crippen molar-refractivity contribution in [1.82, 2.24) is 4.90 Å². The van der Waals surface area contributed by atoms with Crippen molar-refractivity contribution in [1.29, 1.82) is 0 Å². The van der Waals surface area contributed by atoms with Crippen molar-refractivity contribution in [2.24, 2.45) is 0 Å². The van der Waals surface area contributed by atoms with Crippen LogP contribution in [-0.4, -0.2) is 39.2 Å². The lowest BCUT2D eigenvalue weighted by molar-refractivity contribution is -0.131. The second kappa shape index (κ2) is 9.26. The summed E-state index contributed by atoms with van der Waals surface area (Å²) in [5, 5.41) is 0. The van der Waals surface area contributed by atoms with E-state index in [9.17, 15) is 9.18 Å². The van der Waals surface area contributed by atoms with Gasteiger partial charge in [-0.2, -0.15) is 0 Å². The lowest BCUT2D eigenvalue weighted by Crippen LogP contribution is -2.30. The van der Waals surface area contributed by atoms with Crippen molar-refractivity contribution in [2.45, 2.75) is 25.8 Å². The number of amides is 1. The van der Waals surface area contributed by atoms with Crippen LogP contribution in [0, 0.1) is 5.82 Å². The standard InChI is InChI=1S/C21H26FNO4/c1-14(16-8-6-7-9-17(16)22)23(2)20(24)11-10-15-12-18(25-3)21(27-5)19(13-15)26-4/h6-9,12-14H,10-11H2,1-5H3. The minimum Gasteiger partial charge on any atom is -0.493 e. The van der Waals surface area contributed by atoms with E-state index in [1.807, 2.05) is 19.1 Å². The molecule has 0 bridgehead atoms. The van der Waals surface area contributed by atoms with Crippen LogP contribution in [0.2, 0.25) is 0 Å². The van der Waals surface area contributed by atoms with Crippen LogP contribution in [0.3, 0.4) is 0 Å². The van der Waals surface area contributed by atoms with Gasteiger partial charge in [0.05, 0.1) is 27.4 Å². The average Bonchev–Trinajstić information content (AvgIpc) is 2.70. The van der Waals surface area contributed by atoms with Gasteiger partial charge in [-0.3, -0.25) is 4.79 Å². The Balaban J connectivity index is 2.09. The number of benzene rings is 2. The van der Waals surface area contributed by atoms with Gasteiger partial charge in [0, 0.05) is 19.0 Å². The Morgan fingerprint density at radius 1 is 1.07 bits per heavy atom. The van der Waals surface area contributed by atoms with E-state index in [1.165, 1.54) is 6.07 Å². The van der Waals surface area contributed by atoms with E-state index >= 15 is 0 Å². The fraction of sp³-hybridized carbons (Fsp3) is 0.381. The van der Waals surface area contributed by atoms with E-state index in [4.69, 9.17) is 14.2 Å². The monoisotopic (exact) mass is 375 g/mol. The molecule has 1 atom stereocenters. The smallest absolute Gasteiger partial charge is 0.223 e. The number of methoxy groups -OCH3 is 3. The molecule has 5 nitrogen and oxygen atoms in total. The number of carbonyl (C=O) groups is 1. The van der Waals surface area contributed by atoms with E-state index in [1.54, 1.807) is 51.5 Å². The molecule has 6 heteroatoms. The lowest BCUT2D eigenvalue weighted by Gasteiger charge is -2.26. The molecular weight excluding hydrogens is 349 g/mol. The Labute approximate surface area is 159 Å². The first kappa shape index (κ1) is 20.6. The molecular formula is C21H26FNO4. The number of hydrogen-bond donors (Lipinski definition) is 0. The largest absolute Gasteiger partial charge is 0.493 e. The first-order valence-electron chi connectivity index (χ1n) is 8.71. The van der Waals surface area contributed by atoms with Gasteiger partial charge in [0.2, 0.25) is 11.7 Å². The van der Waals surface area contributed by atoms with Crippen molar-refractivity contribution in [3.63, 3.8) is 0 Å². The van der Waals surface area contributed by atoms with Crippen molar-refractivity contribution >= 4 is 5.91 Å². The summed E-state index contributed by atoms with van der Waals surface area (Å²) in [5.41, 5.74) is 1.39. The molecule has 0 aliphatic heterocycles. The van der Waals surface area contributed by atoms with Crippen molar-refractivity contribution in [2.75, 3.05) is 28.4 Å². The van der Waals surface area contributed by atoms with Crippen molar-refractivity contribution < 1.29 is 23.4 Å². The predicted molar refractivity (Wildman–Crippen MR) is 102 cm³/mol. The Morgan fingerprint density at radius 2 is 1.67 bits per heavy atom. The molecule has 0 N–H and O–H groups in total. The normalized spacial score (nSPS) is 11.6. The summed E-state index contributed by atoms with van der Waals surface area (Å²) in [6.07, 6.45) is 0.789. The molecule has 146 valence electrons. The third-order valence-corrected chi connectivity index (χ3v) is 4.68. The maximum absolute atomic E-state index is 14.0. The third kappa shape index (κ3) is 4.70. The minimum atomic E-state index is -0.348. The van der Waals surface area contributed by atoms with Gasteiger partial charge in [0.25, 0.3) is 0 Å². The zero-order valence-electron chi connectivity index (χ0n) is 16.4. The highest BCUT2D eigenvalue weighted by Gasteiger charge is 2.20. The van der Waals surface area contributed by atoms with Gasteiger partial charge in [-0.15, -0.1) is 0 Å². The summed E-state index contributed by atoms with van der Waals surface area (Å²) in [4.78, 5) is 14.2. The minimum absolute atomic E-state index is 0.0699. The van der Waals surface area contributed by atoms with Gasteiger partial charge < -0.3 is 19.1 Å². The summed E-state index contributed by atoms with van der Waals surface area (Å²) in [6.45, 7) is 1.82. The van der Waals surface area contributed by atoms with Gasteiger partial charge in [0.1, 0.15) is 5.82 Å². The highest BCUT2D eigenvalue weighted by Crippen LogP contribution is 2.38. The molecule has 0 aliphatic carbocycles. The number of hydrogen-bond acceptors (Lipinski definition) is 4. The molecule has 2 aromatic rings. The Bertz CT molecular complexity index is 768. The molecule has 1 amide bonds. The van der Waals surface area contributed by atoms with Gasteiger partial charge >= 0.3 is 0 Å². The van der Waals surface area contributed by atoms with E-state index in [0.717, 1.165) is 5.56 Å². The number of rotatable bonds is 8. The van der Waals surface area contributed by atoms with Crippen LogP contribution in [0.15, 0.2) is 36.4 Å². The molecule has 0 spiro atoms. The Kier molecular flexibility index (Phi) is 7.05. The SMILES string of the molecule is COc1cc(CCC(=O)N(C)C(C)c2ccccc2F)cc(OC)c1OC. The quantitative estimate of drug-likeness (QED) is 0.700. The third-order valence-electron chi connectivity index (χ3n) is 4.68. The molecule has 0 radical (unpaired) electrons. The van der Waals surface area contributed by atoms with Crippen LogP contribution < -0.4 is 14.2 Å². The number of aryl methyl sites for hydroxylation is 1. The predicted octanol–water partition coefficient (Wildman–Crippen LogP) is 4.00. The van der Waals surface area contributed by atoms with Crippen molar-refractivity contribution in [3.8, 4) is 17.2 Å². The van der Waals surface area contributed by atoms with Crippen LogP contribution in [0.4, 0.5) is 4.39 Å². The molecule has 0 saturated carbocycles. The van der Waals surface area contributed by atoms with Crippen molar-refractivity contribution in [3.05, 3.63) is 53.3 Å². The average molecular weight is 375 g/mol. The van der Waals surface area contributed by atoms with Crippen LogP contribution in [-0.2, 0) is 11.2 Å². The van der Waals surface area contributed by atoms with Crippen LogP contribution in [0.5, 0.6) is 17.2 Å². The maximum atomic E-state index is 14.0. The summed E-state index contributed by atoms with van der Waals surface area (Å²) in [6, 6.07) is 9.81. The van der Waals surface area contributed by atoms with Crippen LogP contribution in [0.1, 0.15) is 30.5 Å². The fourth-order valence-corrected chi connectivity index (χ4v) is 2.95. The molecule has 2 rings (SSSR count). The fourth-order valence-electron chi connectivity index (χ4n) is 2.95. The summed E-state index contributed by atoms with van der Waals surface area (Å²) in [7, 11) is 6.34. The topological polar surface area (TPSA) is 48.0 Å². The first-order valence-corrected chi connectivity index (χ1v) is 8.71. The zero-order chi connectivity index (χ0) is 20.0. The second-order valence-electron chi connectivity index (χ2n) is 6.24. The Morgan fingerprint density at radius 3 is 2.19 bits per heavy atom. The molecule has 1 unspecified atom stereocenters. The summed E-state index contributed by atoms with van der Waals surface area (Å²) < 4.78 is 30.0. The molecule has 2 aromatic carbocycles. The number of ether oxygens (including phenoxy) is 3. The number of carbonyl (C=O) groups excluding carboxylic acids is 1. The zero-order valence-corrected chi connectivity index (χ0v) is 16.4. The van der Waals surface area contributed by atoms with Gasteiger partial charge in [0.15, 0.2) is 11.5 Å². The summed E-state index contributed by atoms with van der Waals surface area (Å²) in [5.74, 6) is 1.23. The lowest BCUT2D eigenvalue weighted by atomic mass is 10.0. The van der Waals surface area contributed by atoms with E-state index < -0.39 is 0 Å². The van der Waals surface area contributed by atoms with E-state index in [-0.39, 0.29) is 24.2 Å². The van der Waals surface area contributed by atoms with Gasteiger partial charge in [-0.25, -0.2) is 4.39 Å². The van der Waals surface area contributed by atoms with E-state index in [0.29, 0.717) is 29.2 Å². The highest BCUT2D eigenvalue weighted by atomic mass is 19.1. The van der Waals surface area contributed by atoms with Crippen LogP contribution in [0.25, 0.3) is 0 Å². The number of halogens is 1. The molecule has 0 fully saturated rings. The van der Waals surface area contributed by atoms with Gasteiger partial charge in [-0.05, 0) is 37.1 Å². The van der Waals surface area contributed by atoms with Crippen LogP contribution >= 0.6 is 0 Å². The molecule has 0 heterocycles. The summed E-state index contributed by atoms with van der Waals surface area (Å²) >= 11 is 0. The second-order valence-corrected chi connectivity index (χ2v) is 6.24. The molecule has 27 heavy (non-hydrogen) atoms. The number of nitrogens with zero attached hydrogens (tertiary/aromatic N) is 1. The first-order chi connectivity index (χ1) is 12.9. The van der Waals surface area contributed by atoms with E-state index in [2.05, 4.69) is 0 Å². The molecule has 0 aliphatic rings. The molecule has 0 aromatic heterocycles. The highest BCUT2D eigenvalue weighted by molar-refractivity contribution is 5.76. The maximum Gasteiger partial charge on any atom is 0.223 e.